The molecule has 94 valence electrons. The molecule has 0 aliphatic rings. The molecular formula is C12H14BrCl2NO. The third-order valence-electron chi connectivity index (χ3n) is 2.67. The van der Waals surface area contributed by atoms with Crippen LogP contribution in [-0.2, 0) is 0 Å². The number of nitrogens with one attached hydrogen (secondary N) is 1. The Balaban J connectivity index is 2.81. The fraction of sp³-hybridized carbons (Fsp3) is 0.417. The third-order valence-corrected chi connectivity index (χ3v) is 4.23. The van der Waals surface area contributed by atoms with Crippen molar-refractivity contribution in [2.45, 2.75) is 18.9 Å². The van der Waals surface area contributed by atoms with Crippen LogP contribution in [0.2, 0.25) is 0 Å². The molecule has 1 N–H and O–H groups in total. The number of benzene rings is 1. The fourth-order valence-electron chi connectivity index (χ4n) is 1.29. The van der Waals surface area contributed by atoms with E-state index in [-0.39, 0.29) is 5.91 Å². The highest BCUT2D eigenvalue weighted by Crippen LogP contribution is 2.17. The second-order valence-electron chi connectivity index (χ2n) is 3.86. The molecule has 0 saturated carbocycles. The first kappa shape index (κ1) is 14.8. The Labute approximate surface area is 120 Å². The van der Waals surface area contributed by atoms with Crippen LogP contribution in [-0.4, -0.2) is 23.2 Å². The predicted octanol–water partition coefficient (Wildman–Crippen LogP) is 3.81. The second-order valence-corrected chi connectivity index (χ2v) is 5.31. The molecule has 1 amide bonds. The Hall–Kier alpha value is -0.250. The standard InChI is InChI=1S/C12H14BrCl2NO/c1-2-12(7-14,8-15)16-11(17)9-3-5-10(13)6-4-9/h3-6H,2,7-8H2,1H3,(H,16,17). The van der Waals surface area contributed by atoms with Crippen molar-refractivity contribution in [2.75, 3.05) is 11.8 Å². The van der Waals surface area contributed by atoms with Crippen molar-refractivity contribution >= 4 is 45.0 Å². The molecule has 0 saturated heterocycles. The molecule has 0 radical (unpaired) electrons. The summed E-state index contributed by atoms with van der Waals surface area (Å²) < 4.78 is 0.936. The quantitative estimate of drug-likeness (QED) is 0.813. The molecule has 17 heavy (non-hydrogen) atoms. The van der Waals surface area contributed by atoms with E-state index in [1.807, 2.05) is 19.1 Å². The highest BCUT2D eigenvalue weighted by atomic mass is 79.9. The van der Waals surface area contributed by atoms with Crippen LogP contribution in [0.4, 0.5) is 0 Å². The van der Waals surface area contributed by atoms with E-state index in [0.717, 1.165) is 4.47 Å². The lowest BCUT2D eigenvalue weighted by molar-refractivity contribution is 0.0913. The first-order chi connectivity index (χ1) is 8.06. The number of alkyl halides is 2. The molecule has 1 aromatic rings. The molecule has 0 aromatic heterocycles. The minimum atomic E-state index is -0.534. The van der Waals surface area contributed by atoms with Crippen LogP contribution in [0.1, 0.15) is 23.7 Å². The summed E-state index contributed by atoms with van der Waals surface area (Å²) in [7, 11) is 0. The maximum atomic E-state index is 12.0. The SMILES string of the molecule is CCC(CCl)(CCl)NC(=O)c1ccc(Br)cc1. The summed E-state index contributed by atoms with van der Waals surface area (Å²) in [5.41, 5.74) is 0.0639. The van der Waals surface area contributed by atoms with E-state index in [2.05, 4.69) is 21.2 Å². The average molecular weight is 339 g/mol. The van der Waals surface area contributed by atoms with E-state index in [4.69, 9.17) is 23.2 Å². The van der Waals surface area contributed by atoms with Crippen molar-refractivity contribution in [1.82, 2.24) is 5.32 Å². The van der Waals surface area contributed by atoms with Gasteiger partial charge in [-0.1, -0.05) is 22.9 Å². The molecule has 0 bridgehead atoms. The van der Waals surface area contributed by atoms with Crippen molar-refractivity contribution in [2.24, 2.45) is 0 Å². The Morgan fingerprint density at radius 1 is 1.29 bits per heavy atom. The maximum Gasteiger partial charge on any atom is 0.251 e. The first-order valence-electron chi connectivity index (χ1n) is 5.27. The molecule has 0 heterocycles. The fourth-order valence-corrected chi connectivity index (χ4v) is 2.36. The smallest absolute Gasteiger partial charge is 0.251 e. The van der Waals surface area contributed by atoms with E-state index in [9.17, 15) is 4.79 Å². The summed E-state index contributed by atoms with van der Waals surface area (Å²) in [5, 5.41) is 2.90. The summed E-state index contributed by atoms with van der Waals surface area (Å²) in [6.07, 6.45) is 0.697. The molecule has 0 aliphatic carbocycles. The number of carbonyl (C=O) groups excluding carboxylic acids is 1. The van der Waals surface area contributed by atoms with Crippen molar-refractivity contribution in [3.05, 3.63) is 34.3 Å². The van der Waals surface area contributed by atoms with Gasteiger partial charge in [0.2, 0.25) is 0 Å². The van der Waals surface area contributed by atoms with Gasteiger partial charge in [-0.2, -0.15) is 0 Å². The number of rotatable bonds is 5. The van der Waals surface area contributed by atoms with Crippen LogP contribution in [0.5, 0.6) is 0 Å². The molecule has 1 aromatic carbocycles. The molecule has 0 unspecified atom stereocenters. The van der Waals surface area contributed by atoms with Gasteiger partial charge in [-0.15, -0.1) is 23.2 Å². The van der Waals surface area contributed by atoms with Crippen LogP contribution in [0, 0.1) is 0 Å². The Morgan fingerprint density at radius 3 is 2.24 bits per heavy atom. The van der Waals surface area contributed by atoms with E-state index in [1.165, 1.54) is 0 Å². The first-order valence-corrected chi connectivity index (χ1v) is 7.13. The zero-order chi connectivity index (χ0) is 12.9. The molecule has 0 aliphatic heterocycles. The molecular weight excluding hydrogens is 325 g/mol. The highest BCUT2D eigenvalue weighted by Gasteiger charge is 2.28. The van der Waals surface area contributed by atoms with Gasteiger partial charge in [0.15, 0.2) is 0 Å². The minimum Gasteiger partial charge on any atom is -0.344 e. The van der Waals surface area contributed by atoms with Crippen LogP contribution in [0.15, 0.2) is 28.7 Å². The van der Waals surface area contributed by atoms with Gasteiger partial charge in [0.05, 0.1) is 5.54 Å². The van der Waals surface area contributed by atoms with Gasteiger partial charge < -0.3 is 5.32 Å². The van der Waals surface area contributed by atoms with Crippen molar-refractivity contribution in [3.63, 3.8) is 0 Å². The van der Waals surface area contributed by atoms with E-state index >= 15 is 0 Å². The molecule has 0 spiro atoms. The van der Waals surface area contributed by atoms with Crippen LogP contribution in [0.3, 0.4) is 0 Å². The minimum absolute atomic E-state index is 0.152. The average Bonchev–Trinajstić information content (AvgIpc) is 2.37. The van der Waals surface area contributed by atoms with Gasteiger partial charge >= 0.3 is 0 Å². The lowest BCUT2D eigenvalue weighted by Gasteiger charge is -2.29. The summed E-state index contributed by atoms with van der Waals surface area (Å²) in [5.74, 6) is 0.450. The monoisotopic (exact) mass is 337 g/mol. The zero-order valence-corrected chi connectivity index (χ0v) is 12.6. The van der Waals surface area contributed by atoms with E-state index < -0.39 is 5.54 Å². The zero-order valence-electron chi connectivity index (χ0n) is 9.47. The molecule has 2 nitrogen and oxygen atoms in total. The maximum absolute atomic E-state index is 12.0. The molecule has 0 fully saturated rings. The van der Waals surface area contributed by atoms with Crippen molar-refractivity contribution < 1.29 is 4.79 Å². The van der Waals surface area contributed by atoms with Crippen LogP contribution >= 0.6 is 39.1 Å². The van der Waals surface area contributed by atoms with Gasteiger partial charge in [0.1, 0.15) is 0 Å². The van der Waals surface area contributed by atoms with Crippen LogP contribution in [0.25, 0.3) is 0 Å². The van der Waals surface area contributed by atoms with Gasteiger partial charge in [-0.3, -0.25) is 4.79 Å². The van der Waals surface area contributed by atoms with E-state index in [1.54, 1.807) is 12.1 Å². The normalized spacial score (nSPS) is 11.3. The summed E-state index contributed by atoms with van der Waals surface area (Å²) in [6, 6.07) is 7.15. The number of hydrogen-bond donors (Lipinski definition) is 1. The summed E-state index contributed by atoms with van der Waals surface area (Å²) in [4.78, 5) is 12.0. The lowest BCUT2D eigenvalue weighted by Crippen LogP contribution is -2.51. The Bertz CT molecular complexity index is 368. The predicted molar refractivity (Wildman–Crippen MR) is 76.1 cm³/mol. The van der Waals surface area contributed by atoms with Crippen molar-refractivity contribution in [3.8, 4) is 0 Å². The largest absolute Gasteiger partial charge is 0.344 e. The van der Waals surface area contributed by atoms with Gasteiger partial charge in [0, 0.05) is 21.8 Å². The third kappa shape index (κ3) is 3.87. The Morgan fingerprint density at radius 2 is 1.82 bits per heavy atom. The number of amides is 1. The molecule has 0 atom stereocenters. The summed E-state index contributed by atoms with van der Waals surface area (Å²) in [6.45, 7) is 1.95. The number of halogens is 3. The molecule has 5 heteroatoms. The van der Waals surface area contributed by atoms with Gasteiger partial charge in [-0.05, 0) is 30.7 Å². The van der Waals surface area contributed by atoms with Crippen molar-refractivity contribution in [1.29, 1.82) is 0 Å². The van der Waals surface area contributed by atoms with E-state index in [0.29, 0.717) is 23.7 Å². The summed E-state index contributed by atoms with van der Waals surface area (Å²) >= 11 is 15.1. The van der Waals surface area contributed by atoms with Gasteiger partial charge in [0.25, 0.3) is 5.91 Å². The van der Waals surface area contributed by atoms with Crippen LogP contribution < -0.4 is 5.32 Å². The second kappa shape index (κ2) is 6.62. The van der Waals surface area contributed by atoms with Gasteiger partial charge in [-0.25, -0.2) is 0 Å². The topological polar surface area (TPSA) is 29.1 Å². The molecule has 1 rings (SSSR count). The Kier molecular flexibility index (Phi) is 5.77. The highest BCUT2D eigenvalue weighted by molar-refractivity contribution is 9.10. The number of carbonyl (C=O) groups is 1. The lowest BCUT2D eigenvalue weighted by atomic mass is 10.0. The number of hydrogen-bond acceptors (Lipinski definition) is 1.